The van der Waals surface area contributed by atoms with Crippen molar-refractivity contribution in [1.82, 2.24) is 9.97 Å². The van der Waals surface area contributed by atoms with Crippen LogP contribution in [0.5, 0.6) is 0 Å². The maximum atomic E-state index is 11.5. The third-order valence-electron chi connectivity index (χ3n) is 6.50. The molecule has 40 heavy (non-hydrogen) atoms. The monoisotopic (exact) mass is 564 g/mol. The molecule has 0 atom stereocenters. The maximum absolute atomic E-state index is 11.5. The van der Waals surface area contributed by atoms with Gasteiger partial charge in [0.05, 0.1) is 18.1 Å². The number of para-hydroxylation sites is 1. The summed E-state index contributed by atoms with van der Waals surface area (Å²) in [7, 11) is -2.90. The van der Waals surface area contributed by atoms with Gasteiger partial charge in [-0.25, -0.2) is 9.78 Å². The summed E-state index contributed by atoms with van der Waals surface area (Å²) in [5.74, 6) is -0.915. The number of nitrogens with zero attached hydrogens (tertiary/aromatic N) is 1. The minimum Gasteiger partial charge on any atom is -0.490 e. The number of allylic oxidation sites excluding steroid dienone is 1. The van der Waals surface area contributed by atoms with Crippen molar-refractivity contribution in [2.24, 2.45) is 0 Å². The number of carboxylic acid groups (broad SMARTS) is 1. The summed E-state index contributed by atoms with van der Waals surface area (Å²) < 4.78 is 36.4. The molecule has 0 fully saturated rings. The number of H-pyrrole nitrogens is 1. The number of benzene rings is 3. The Balaban J connectivity index is 0.000000221. The van der Waals surface area contributed by atoms with Gasteiger partial charge in [-0.1, -0.05) is 99.8 Å². The average molecular weight is 565 g/mol. The van der Waals surface area contributed by atoms with Gasteiger partial charge in [-0.2, -0.15) is 8.42 Å². The van der Waals surface area contributed by atoms with Crippen molar-refractivity contribution < 1.29 is 27.6 Å². The summed E-state index contributed by atoms with van der Waals surface area (Å²) in [4.78, 5) is 18.0. The third-order valence-corrected chi connectivity index (χ3v) is 7.18. The third kappa shape index (κ3) is 7.80. The van der Waals surface area contributed by atoms with E-state index >= 15 is 0 Å². The molecule has 1 heterocycles. The minimum absolute atomic E-state index is 0.0763. The summed E-state index contributed by atoms with van der Waals surface area (Å²) in [5.41, 5.74) is 5.81. The first-order valence-electron chi connectivity index (χ1n) is 13.3. The number of hydrogen-bond acceptors (Lipinski definition) is 5. The van der Waals surface area contributed by atoms with Crippen LogP contribution in [0, 0.1) is 0 Å². The van der Waals surface area contributed by atoms with Gasteiger partial charge in [-0.3, -0.25) is 4.55 Å². The van der Waals surface area contributed by atoms with E-state index in [4.69, 9.17) is 9.29 Å². The zero-order valence-corrected chi connectivity index (χ0v) is 23.9. The molecule has 0 aliphatic heterocycles. The number of fused-ring (bicyclic) bond motifs is 1. The fraction of sp³-hybridized carbons (Fsp3) is 0.290. The predicted molar refractivity (Wildman–Crippen MR) is 157 cm³/mol. The van der Waals surface area contributed by atoms with Crippen molar-refractivity contribution >= 4 is 32.7 Å². The van der Waals surface area contributed by atoms with Crippen LogP contribution >= 0.6 is 0 Å². The normalized spacial score (nSPS) is 11.9. The van der Waals surface area contributed by atoms with Crippen molar-refractivity contribution in [3.8, 4) is 11.1 Å². The molecule has 0 bridgehead atoms. The number of aliphatic carboxylic acids is 1. The van der Waals surface area contributed by atoms with Crippen LogP contribution in [0.3, 0.4) is 0 Å². The van der Waals surface area contributed by atoms with Crippen molar-refractivity contribution in [3.05, 3.63) is 89.7 Å². The Labute approximate surface area is 235 Å². The quantitative estimate of drug-likeness (QED) is 0.0764. The highest BCUT2D eigenvalue weighted by Gasteiger charge is 2.19. The molecule has 3 aromatic carbocycles. The molecular weight excluding hydrogens is 528 g/mol. The fourth-order valence-electron chi connectivity index (χ4n) is 4.54. The van der Waals surface area contributed by atoms with Crippen molar-refractivity contribution in [3.63, 3.8) is 0 Å². The smallest absolute Gasteiger partial charge is 0.371 e. The van der Waals surface area contributed by atoms with Crippen LogP contribution in [0.1, 0.15) is 57.1 Å². The Morgan fingerprint density at radius 2 is 1.62 bits per heavy atom. The van der Waals surface area contributed by atoms with E-state index in [-0.39, 0.29) is 5.76 Å². The standard InChI is InChI=1S/C18H26O3.C13H10N2O3S/c1-4-6-7-8-13-16(17(21-3)18(19)20)15-12-10-9-11-14(15)5-2;16-19(17,18)13-14-11-8-4-7-10(12(11)15-13)9-5-2-1-3-6-9/h9-12H,4-8,13H2,1-3H3,(H,19,20);1-8H,(H,14,15)(H,16,17,18). The van der Waals surface area contributed by atoms with E-state index in [1.165, 1.54) is 25.5 Å². The largest absolute Gasteiger partial charge is 0.490 e. The van der Waals surface area contributed by atoms with Crippen LogP contribution in [-0.4, -0.2) is 41.1 Å². The number of ether oxygens (including phenoxy) is 1. The molecule has 0 aliphatic carbocycles. The van der Waals surface area contributed by atoms with Crippen LogP contribution in [0.25, 0.3) is 27.7 Å². The number of aryl methyl sites for hydroxylation is 1. The zero-order valence-electron chi connectivity index (χ0n) is 23.1. The number of imidazole rings is 1. The SMILES string of the molecule is CCCCCCC(=C(OC)C(=O)O)c1ccccc1CC.O=S(=O)(O)c1nc2c(-c3ccccc3)cccc2[nH]1. The summed E-state index contributed by atoms with van der Waals surface area (Å²) in [6.07, 6.45) is 6.07. The van der Waals surface area contributed by atoms with Crippen LogP contribution in [0.2, 0.25) is 0 Å². The van der Waals surface area contributed by atoms with Gasteiger partial charge < -0.3 is 14.8 Å². The second-order valence-electron chi connectivity index (χ2n) is 9.22. The number of carboxylic acids is 1. The lowest BCUT2D eigenvalue weighted by Gasteiger charge is -2.15. The molecule has 0 radical (unpaired) electrons. The second-order valence-corrected chi connectivity index (χ2v) is 10.6. The summed E-state index contributed by atoms with van der Waals surface area (Å²) >= 11 is 0. The van der Waals surface area contributed by atoms with Crippen LogP contribution in [0.4, 0.5) is 0 Å². The Kier molecular flexibility index (Phi) is 11.0. The zero-order chi connectivity index (χ0) is 29.1. The summed E-state index contributed by atoms with van der Waals surface area (Å²) in [6, 6.07) is 22.9. The van der Waals surface area contributed by atoms with Crippen LogP contribution < -0.4 is 0 Å². The number of unbranched alkanes of at least 4 members (excludes halogenated alkanes) is 3. The Hall–Kier alpha value is -3.95. The molecule has 0 amide bonds. The predicted octanol–water partition coefficient (Wildman–Crippen LogP) is 7.14. The topological polar surface area (TPSA) is 130 Å². The highest BCUT2D eigenvalue weighted by Crippen LogP contribution is 2.29. The lowest BCUT2D eigenvalue weighted by atomic mass is 9.93. The highest BCUT2D eigenvalue weighted by atomic mass is 32.2. The van der Waals surface area contributed by atoms with Gasteiger partial charge in [0.25, 0.3) is 5.16 Å². The second kappa shape index (κ2) is 14.4. The highest BCUT2D eigenvalue weighted by molar-refractivity contribution is 7.85. The molecule has 9 heteroatoms. The van der Waals surface area contributed by atoms with Gasteiger partial charge in [0.2, 0.25) is 5.76 Å². The number of methoxy groups -OCH3 is 1. The molecular formula is C31H36N2O6S. The lowest BCUT2D eigenvalue weighted by Crippen LogP contribution is -2.08. The van der Waals surface area contributed by atoms with E-state index in [9.17, 15) is 18.3 Å². The van der Waals surface area contributed by atoms with Gasteiger partial charge in [-0.15, -0.1) is 0 Å². The van der Waals surface area contributed by atoms with Crippen molar-refractivity contribution in [2.45, 2.75) is 57.5 Å². The molecule has 8 nitrogen and oxygen atoms in total. The van der Waals surface area contributed by atoms with E-state index < -0.39 is 21.2 Å². The molecule has 0 saturated carbocycles. The molecule has 0 aliphatic rings. The van der Waals surface area contributed by atoms with Gasteiger partial charge >= 0.3 is 16.1 Å². The maximum Gasteiger partial charge on any atom is 0.371 e. The van der Waals surface area contributed by atoms with Crippen molar-refractivity contribution in [1.29, 1.82) is 0 Å². The minimum atomic E-state index is -4.33. The first-order valence-corrected chi connectivity index (χ1v) is 14.8. The number of hydrogen-bond donors (Lipinski definition) is 3. The molecule has 0 spiro atoms. The van der Waals surface area contributed by atoms with Gasteiger partial charge in [0.1, 0.15) is 0 Å². The number of nitrogens with one attached hydrogen (secondary N) is 1. The first-order chi connectivity index (χ1) is 19.2. The lowest BCUT2D eigenvalue weighted by molar-refractivity contribution is -0.135. The molecule has 0 unspecified atom stereocenters. The van der Waals surface area contributed by atoms with E-state index in [0.29, 0.717) is 11.0 Å². The summed E-state index contributed by atoms with van der Waals surface area (Å²) in [6.45, 7) is 4.25. The van der Waals surface area contributed by atoms with Crippen molar-refractivity contribution in [2.75, 3.05) is 7.11 Å². The molecule has 4 aromatic rings. The van der Waals surface area contributed by atoms with E-state index in [0.717, 1.165) is 47.9 Å². The number of aromatic nitrogens is 2. The fourth-order valence-corrected chi connectivity index (χ4v) is 4.99. The first kappa shape index (κ1) is 30.6. The number of aromatic amines is 1. The average Bonchev–Trinajstić information content (AvgIpc) is 3.41. The van der Waals surface area contributed by atoms with E-state index in [1.807, 2.05) is 54.6 Å². The Morgan fingerprint density at radius 3 is 2.25 bits per heavy atom. The molecule has 212 valence electrons. The van der Waals surface area contributed by atoms with E-state index in [2.05, 4.69) is 29.9 Å². The van der Waals surface area contributed by atoms with Gasteiger partial charge in [0.15, 0.2) is 0 Å². The molecule has 3 N–H and O–H groups in total. The Morgan fingerprint density at radius 1 is 0.925 bits per heavy atom. The van der Waals surface area contributed by atoms with Crippen LogP contribution in [0.15, 0.2) is 83.7 Å². The molecule has 1 aromatic heterocycles. The Bertz CT molecular complexity index is 1560. The van der Waals surface area contributed by atoms with Gasteiger partial charge in [0, 0.05) is 11.1 Å². The number of rotatable bonds is 11. The molecule has 4 rings (SSSR count). The molecule has 0 saturated heterocycles. The van der Waals surface area contributed by atoms with E-state index in [1.54, 1.807) is 12.1 Å². The number of carbonyl (C=O) groups is 1. The van der Waals surface area contributed by atoms with Gasteiger partial charge in [-0.05, 0) is 42.0 Å². The van der Waals surface area contributed by atoms with Crippen LogP contribution in [-0.2, 0) is 26.1 Å². The summed E-state index contributed by atoms with van der Waals surface area (Å²) in [5, 5.41) is 8.95.